The van der Waals surface area contributed by atoms with Crippen LogP contribution in [0.15, 0.2) is 28.9 Å². The highest BCUT2D eigenvalue weighted by atomic mass is 127. The minimum atomic E-state index is -1.96. The van der Waals surface area contributed by atoms with E-state index in [9.17, 15) is 0 Å². The molecule has 0 spiro atoms. The normalized spacial score (nSPS) is 16.4. The zero-order chi connectivity index (χ0) is 34.0. The van der Waals surface area contributed by atoms with Crippen LogP contribution in [0, 0.1) is 22.0 Å². The molecule has 4 heterocycles. The molecule has 0 radical (unpaired) electrons. The summed E-state index contributed by atoms with van der Waals surface area (Å²) < 4.78 is 23.1. The van der Waals surface area contributed by atoms with Crippen molar-refractivity contribution in [1.82, 2.24) is 29.6 Å². The number of nitrogens with zero attached hydrogens (tertiary/aromatic N) is 6. The Morgan fingerprint density at radius 1 is 1.11 bits per heavy atom. The van der Waals surface area contributed by atoms with E-state index in [-0.39, 0.29) is 12.3 Å². The molecule has 0 amide bonds. The molecule has 4 aromatic rings. The first-order valence-corrected chi connectivity index (χ1v) is 20.3. The van der Waals surface area contributed by atoms with Crippen LogP contribution in [0.5, 0.6) is 5.88 Å². The average Bonchev–Trinajstić information content (AvgIpc) is 3.68. The molecule has 1 aliphatic heterocycles. The predicted octanol–water partition coefficient (Wildman–Crippen LogP) is 8.51. The lowest BCUT2D eigenvalue weighted by atomic mass is 10.1. The summed E-state index contributed by atoms with van der Waals surface area (Å²) in [7, 11) is 2.04. The highest BCUT2D eigenvalue weighted by Gasteiger charge is 2.42. The fraction of sp³-hybridized carbons (Fsp3) is 0.583. The fourth-order valence-electron chi connectivity index (χ4n) is 7.39. The van der Waals surface area contributed by atoms with Crippen molar-refractivity contribution in [2.45, 2.75) is 110 Å². The number of halogens is 1. The molecule has 2 atom stereocenters. The Morgan fingerprint density at radius 3 is 2.45 bits per heavy atom. The van der Waals surface area contributed by atoms with Gasteiger partial charge in [-0.2, -0.15) is 10.2 Å². The van der Waals surface area contributed by atoms with Gasteiger partial charge in [0, 0.05) is 32.1 Å². The van der Waals surface area contributed by atoms with Crippen molar-refractivity contribution < 1.29 is 14.0 Å². The van der Waals surface area contributed by atoms with Gasteiger partial charge in [-0.25, -0.2) is 9.36 Å². The molecule has 1 aromatic carbocycles. The first-order chi connectivity index (χ1) is 22.3. The third kappa shape index (κ3) is 7.36. The van der Waals surface area contributed by atoms with Gasteiger partial charge in [0.2, 0.25) is 5.88 Å². The van der Waals surface area contributed by atoms with Crippen LogP contribution in [-0.2, 0) is 18.3 Å². The van der Waals surface area contributed by atoms with Crippen LogP contribution >= 0.6 is 22.6 Å². The monoisotopic (exact) mass is 770 g/mol. The molecule has 1 fully saturated rings. The standard InChI is InChI=1S/C36H51IN6O3Si/c1-23(2)47(24(3)4,25(5)6)18-16-31-29-19-28(14-15-33(29)43(39-31)34-13-11-12-17-44-34)30-20-38-42(10)36(30)45-26(7)21-41(9)22-32-35(37)27(8)46-40-32/h14-15,19-20,23-26,34H,11-13,17,21-22H2,1-10H3/t26-,34?/m0/s1. The summed E-state index contributed by atoms with van der Waals surface area (Å²) >= 11 is 2.29. The van der Waals surface area contributed by atoms with Crippen molar-refractivity contribution in [2.75, 3.05) is 20.2 Å². The van der Waals surface area contributed by atoms with E-state index in [1.807, 2.05) is 24.9 Å². The predicted molar refractivity (Wildman–Crippen MR) is 199 cm³/mol. The third-order valence-corrected chi connectivity index (χ3v) is 17.4. The molecule has 11 heteroatoms. The van der Waals surface area contributed by atoms with Crippen molar-refractivity contribution in [3.63, 3.8) is 0 Å². The van der Waals surface area contributed by atoms with E-state index >= 15 is 0 Å². The second-order valence-corrected chi connectivity index (χ2v) is 20.8. The van der Waals surface area contributed by atoms with Crippen molar-refractivity contribution in [1.29, 1.82) is 0 Å². The lowest BCUT2D eigenvalue weighted by Crippen LogP contribution is -2.43. The highest BCUT2D eigenvalue weighted by Crippen LogP contribution is 2.41. The third-order valence-electron chi connectivity index (χ3n) is 9.75. The molecule has 3 aromatic heterocycles. The van der Waals surface area contributed by atoms with Crippen LogP contribution in [0.3, 0.4) is 0 Å². The maximum Gasteiger partial charge on any atom is 0.219 e. The van der Waals surface area contributed by atoms with E-state index in [0.29, 0.717) is 29.7 Å². The van der Waals surface area contributed by atoms with Gasteiger partial charge in [-0.1, -0.05) is 58.7 Å². The second kappa shape index (κ2) is 14.8. The molecule has 9 nitrogen and oxygen atoms in total. The smallest absolute Gasteiger partial charge is 0.219 e. The number of likely N-dealkylation sites (N-methyl/N-ethyl adjacent to an activating group) is 1. The van der Waals surface area contributed by atoms with Gasteiger partial charge in [0.15, 0.2) is 6.23 Å². The van der Waals surface area contributed by atoms with E-state index in [2.05, 4.69) is 128 Å². The molecule has 1 unspecified atom stereocenters. The number of hydrogen-bond donors (Lipinski definition) is 0. The largest absolute Gasteiger partial charge is 0.473 e. The van der Waals surface area contributed by atoms with Crippen LogP contribution in [-0.4, -0.2) is 64.0 Å². The van der Waals surface area contributed by atoms with Crippen molar-refractivity contribution >= 4 is 41.6 Å². The fourth-order valence-corrected chi connectivity index (χ4v) is 13.0. The molecular weight excluding hydrogens is 719 g/mol. The first kappa shape index (κ1) is 35.6. The van der Waals surface area contributed by atoms with Crippen LogP contribution < -0.4 is 4.74 Å². The Morgan fingerprint density at radius 2 is 1.83 bits per heavy atom. The summed E-state index contributed by atoms with van der Waals surface area (Å²) in [6.45, 7) is 20.3. The zero-order valence-corrected chi connectivity index (χ0v) is 32.9. The van der Waals surface area contributed by atoms with Gasteiger partial charge in [-0.05, 0) is 97.1 Å². The van der Waals surface area contributed by atoms with Crippen LogP contribution in [0.4, 0.5) is 0 Å². The zero-order valence-electron chi connectivity index (χ0n) is 29.7. The molecule has 47 heavy (non-hydrogen) atoms. The van der Waals surface area contributed by atoms with Gasteiger partial charge in [-0.3, -0.25) is 4.90 Å². The number of benzene rings is 1. The number of fused-ring (bicyclic) bond motifs is 1. The summed E-state index contributed by atoms with van der Waals surface area (Å²) in [4.78, 5) is 2.20. The maximum absolute atomic E-state index is 6.58. The van der Waals surface area contributed by atoms with Gasteiger partial charge in [0.25, 0.3) is 0 Å². The molecule has 0 N–H and O–H groups in total. The lowest BCUT2D eigenvalue weighted by molar-refractivity contribution is -0.0367. The second-order valence-electron chi connectivity index (χ2n) is 14.1. The Kier molecular flexibility index (Phi) is 11.3. The van der Waals surface area contributed by atoms with Gasteiger partial charge >= 0.3 is 0 Å². The molecule has 0 aliphatic carbocycles. The Balaban J connectivity index is 1.49. The average molecular weight is 771 g/mol. The van der Waals surface area contributed by atoms with E-state index in [4.69, 9.17) is 19.1 Å². The molecule has 0 saturated carbocycles. The van der Waals surface area contributed by atoms with Crippen molar-refractivity contribution in [3.8, 4) is 28.5 Å². The summed E-state index contributed by atoms with van der Waals surface area (Å²) in [6.07, 6.45) is 4.91. The Hall–Kier alpha value is -2.66. The molecule has 5 rings (SSSR count). The summed E-state index contributed by atoms with van der Waals surface area (Å²) in [6, 6.07) is 6.52. The van der Waals surface area contributed by atoms with E-state index in [1.54, 1.807) is 0 Å². The van der Waals surface area contributed by atoms with E-state index < -0.39 is 8.07 Å². The molecular formula is C36H51IN6O3Si. The Labute approximate surface area is 294 Å². The van der Waals surface area contributed by atoms with Crippen LogP contribution in [0.25, 0.3) is 22.0 Å². The van der Waals surface area contributed by atoms with Crippen LogP contribution in [0.1, 0.15) is 91.1 Å². The van der Waals surface area contributed by atoms with Gasteiger partial charge in [-0.15, -0.1) is 5.54 Å². The molecule has 0 bridgehead atoms. The minimum absolute atomic E-state index is 0.0745. The Bertz CT molecular complexity index is 1720. The number of ether oxygens (including phenoxy) is 2. The number of rotatable bonds is 11. The molecule has 1 aliphatic rings. The minimum Gasteiger partial charge on any atom is -0.473 e. The molecule has 254 valence electrons. The van der Waals surface area contributed by atoms with E-state index in [0.717, 1.165) is 74.5 Å². The lowest BCUT2D eigenvalue weighted by Gasteiger charge is -2.38. The van der Waals surface area contributed by atoms with Crippen LogP contribution in [0.2, 0.25) is 16.6 Å². The van der Waals surface area contributed by atoms with Crippen molar-refractivity contribution in [3.05, 3.63) is 45.1 Å². The number of aryl methyl sites for hydroxylation is 2. The van der Waals surface area contributed by atoms with Gasteiger partial charge in [0.1, 0.15) is 31.3 Å². The first-order valence-electron chi connectivity index (χ1n) is 17.0. The van der Waals surface area contributed by atoms with Gasteiger partial charge < -0.3 is 14.0 Å². The van der Waals surface area contributed by atoms with E-state index in [1.165, 1.54) is 0 Å². The highest BCUT2D eigenvalue weighted by molar-refractivity contribution is 14.1. The summed E-state index contributed by atoms with van der Waals surface area (Å²) in [5.41, 5.74) is 10.3. The topological polar surface area (TPSA) is 83.4 Å². The summed E-state index contributed by atoms with van der Waals surface area (Å²) in [5, 5.41) is 15.0. The number of hydrogen-bond acceptors (Lipinski definition) is 7. The van der Waals surface area contributed by atoms with Gasteiger partial charge in [0.05, 0.1) is 20.8 Å². The SMILES string of the molecule is Cc1onc(CN(C)C[C@H](C)Oc2c(-c3ccc4c(c3)c(C#C[Si](C(C)C)(C(C)C)C(C)C)nn4C3CCCCO3)cnn2C)c1I. The summed E-state index contributed by atoms with van der Waals surface area (Å²) in [5.74, 6) is 5.25. The number of aromatic nitrogens is 5. The van der Waals surface area contributed by atoms with Crippen molar-refractivity contribution in [2.24, 2.45) is 7.05 Å². The molecule has 1 saturated heterocycles. The maximum atomic E-state index is 6.58. The quantitative estimate of drug-likeness (QED) is 0.0860.